The van der Waals surface area contributed by atoms with Crippen LogP contribution < -0.4 is 0 Å². The van der Waals surface area contributed by atoms with E-state index in [2.05, 4.69) is 0 Å². The second-order valence-corrected chi connectivity index (χ2v) is 8.93. The van der Waals surface area contributed by atoms with Crippen LogP contribution in [-0.2, 0) is 19.1 Å². The number of nitrogens with zero attached hydrogens (tertiary/aromatic N) is 2. The fraction of sp³-hybridized carbons (Fsp3) is 0.800. The van der Waals surface area contributed by atoms with Crippen LogP contribution >= 0.6 is 0 Å². The molecule has 2 amide bonds. The standard InChI is InChI=1S/C20H36N2O8/c1-19(2,3)29-17(27)21(13-9-15(23)24)11-7-8-12-22(14-10-16(25)26)18(28)30-20(4,5)6/h7-14H2,1-6H3,(H,23,24)(H,25,26). The monoisotopic (exact) mass is 432 g/mol. The van der Waals surface area contributed by atoms with Gasteiger partial charge in [0.2, 0.25) is 0 Å². The summed E-state index contributed by atoms with van der Waals surface area (Å²) in [6, 6.07) is 0. The maximum Gasteiger partial charge on any atom is 0.410 e. The van der Waals surface area contributed by atoms with Crippen molar-refractivity contribution in [1.29, 1.82) is 0 Å². The summed E-state index contributed by atoms with van der Waals surface area (Å²) in [5.74, 6) is -2.04. The van der Waals surface area contributed by atoms with Crippen LogP contribution in [0.5, 0.6) is 0 Å². The van der Waals surface area contributed by atoms with Gasteiger partial charge in [-0.1, -0.05) is 0 Å². The van der Waals surface area contributed by atoms with Crippen molar-refractivity contribution in [2.75, 3.05) is 26.2 Å². The van der Waals surface area contributed by atoms with E-state index in [1.165, 1.54) is 9.80 Å². The Morgan fingerprint density at radius 3 is 1.17 bits per heavy atom. The summed E-state index contributed by atoms with van der Waals surface area (Å²) >= 11 is 0. The topological polar surface area (TPSA) is 134 Å². The Kier molecular flexibility index (Phi) is 11.2. The second kappa shape index (κ2) is 12.2. The van der Waals surface area contributed by atoms with Gasteiger partial charge in [-0.2, -0.15) is 0 Å². The highest BCUT2D eigenvalue weighted by molar-refractivity contribution is 5.71. The van der Waals surface area contributed by atoms with Crippen LogP contribution in [-0.4, -0.2) is 81.5 Å². The molecular formula is C20H36N2O8. The molecule has 0 rings (SSSR count). The molecule has 0 aliphatic carbocycles. The van der Waals surface area contributed by atoms with Gasteiger partial charge in [0.25, 0.3) is 0 Å². The molecule has 10 heteroatoms. The van der Waals surface area contributed by atoms with E-state index in [4.69, 9.17) is 19.7 Å². The van der Waals surface area contributed by atoms with Crippen LogP contribution in [0.4, 0.5) is 9.59 Å². The Labute approximate surface area is 178 Å². The Morgan fingerprint density at radius 1 is 0.633 bits per heavy atom. The zero-order valence-corrected chi connectivity index (χ0v) is 18.9. The highest BCUT2D eigenvalue weighted by Gasteiger charge is 2.24. The predicted molar refractivity (Wildman–Crippen MR) is 109 cm³/mol. The molecule has 0 bridgehead atoms. The zero-order valence-electron chi connectivity index (χ0n) is 18.9. The number of rotatable bonds is 11. The zero-order chi connectivity index (χ0) is 23.5. The van der Waals surface area contributed by atoms with Gasteiger partial charge in [-0.25, -0.2) is 9.59 Å². The lowest BCUT2D eigenvalue weighted by Crippen LogP contribution is -2.40. The third-order valence-corrected chi connectivity index (χ3v) is 3.60. The van der Waals surface area contributed by atoms with Gasteiger partial charge in [-0.05, 0) is 54.4 Å². The van der Waals surface area contributed by atoms with Crippen LogP contribution in [0.1, 0.15) is 67.2 Å². The first-order valence-electron chi connectivity index (χ1n) is 10.00. The molecule has 30 heavy (non-hydrogen) atoms. The number of hydrogen-bond acceptors (Lipinski definition) is 6. The first-order valence-corrected chi connectivity index (χ1v) is 10.00. The minimum atomic E-state index is -1.02. The van der Waals surface area contributed by atoms with Crippen LogP contribution in [0, 0.1) is 0 Å². The van der Waals surface area contributed by atoms with E-state index in [1.54, 1.807) is 41.5 Å². The molecule has 0 aliphatic heterocycles. The van der Waals surface area contributed by atoms with E-state index < -0.39 is 35.3 Å². The first kappa shape index (κ1) is 27.5. The minimum Gasteiger partial charge on any atom is -0.481 e. The highest BCUT2D eigenvalue weighted by Crippen LogP contribution is 2.13. The van der Waals surface area contributed by atoms with Gasteiger partial charge < -0.3 is 29.5 Å². The molecule has 0 saturated carbocycles. The van der Waals surface area contributed by atoms with Crippen LogP contribution in [0.3, 0.4) is 0 Å². The quantitative estimate of drug-likeness (QED) is 0.476. The van der Waals surface area contributed by atoms with Crippen molar-refractivity contribution in [2.24, 2.45) is 0 Å². The lowest BCUT2D eigenvalue weighted by molar-refractivity contribution is -0.138. The molecule has 0 fully saturated rings. The predicted octanol–water partition coefficient (Wildman–Crippen LogP) is 3.19. The number of carboxylic acid groups (broad SMARTS) is 2. The Bertz CT molecular complexity index is 541. The van der Waals surface area contributed by atoms with Crippen LogP contribution in [0.2, 0.25) is 0 Å². The Hall–Kier alpha value is -2.52. The van der Waals surface area contributed by atoms with Gasteiger partial charge in [0.15, 0.2) is 0 Å². The number of hydrogen-bond donors (Lipinski definition) is 2. The second-order valence-electron chi connectivity index (χ2n) is 8.93. The Balaban J connectivity index is 4.83. The van der Waals surface area contributed by atoms with E-state index in [9.17, 15) is 19.2 Å². The fourth-order valence-electron chi connectivity index (χ4n) is 2.31. The molecule has 0 aromatic carbocycles. The highest BCUT2D eigenvalue weighted by atomic mass is 16.6. The molecule has 0 saturated heterocycles. The third-order valence-electron chi connectivity index (χ3n) is 3.60. The van der Waals surface area contributed by atoms with Crippen LogP contribution in [0.15, 0.2) is 0 Å². The van der Waals surface area contributed by atoms with Crippen LogP contribution in [0.25, 0.3) is 0 Å². The molecule has 0 unspecified atom stereocenters. The molecule has 0 spiro atoms. The van der Waals surface area contributed by atoms with Gasteiger partial charge in [0, 0.05) is 26.2 Å². The Morgan fingerprint density at radius 2 is 0.933 bits per heavy atom. The van der Waals surface area contributed by atoms with Crippen molar-refractivity contribution in [3.63, 3.8) is 0 Å². The van der Waals surface area contributed by atoms with Gasteiger partial charge in [0.1, 0.15) is 11.2 Å². The number of carbonyl (C=O) groups is 4. The fourth-order valence-corrected chi connectivity index (χ4v) is 2.31. The number of carboxylic acids is 2. The number of carbonyl (C=O) groups excluding carboxylic acids is 2. The smallest absolute Gasteiger partial charge is 0.410 e. The largest absolute Gasteiger partial charge is 0.481 e. The summed E-state index contributed by atoms with van der Waals surface area (Å²) in [7, 11) is 0. The summed E-state index contributed by atoms with van der Waals surface area (Å²) in [6.45, 7) is 10.9. The molecule has 0 heterocycles. The van der Waals surface area contributed by atoms with Crippen molar-refractivity contribution < 1.29 is 38.9 Å². The lowest BCUT2D eigenvalue weighted by Gasteiger charge is -2.28. The van der Waals surface area contributed by atoms with E-state index in [-0.39, 0.29) is 39.0 Å². The van der Waals surface area contributed by atoms with Gasteiger partial charge in [0.05, 0.1) is 12.8 Å². The van der Waals surface area contributed by atoms with E-state index >= 15 is 0 Å². The lowest BCUT2D eigenvalue weighted by atomic mass is 10.2. The molecule has 0 atom stereocenters. The van der Waals surface area contributed by atoms with Crippen molar-refractivity contribution in [3.8, 4) is 0 Å². The van der Waals surface area contributed by atoms with E-state index in [0.29, 0.717) is 12.8 Å². The molecule has 10 nitrogen and oxygen atoms in total. The van der Waals surface area contributed by atoms with Crippen molar-refractivity contribution >= 4 is 24.1 Å². The summed E-state index contributed by atoms with van der Waals surface area (Å²) in [5, 5.41) is 17.8. The number of unbranched alkanes of at least 4 members (excludes halogenated alkanes) is 1. The third kappa shape index (κ3) is 14.5. The van der Waals surface area contributed by atoms with E-state index in [0.717, 1.165) is 0 Å². The summed E-state index contributed by atoms with van der Waals surface area (Å²) in [6.07, 6.45) is -0.655. The van der Waals surface area contributed by atoms with E-state index in [1.807, 2.05) is 0 Å². The maximum absolute atomic E-state index is 12.3. The average molecular weight is 433 g/mol. The molecule has 0 aliphatic rings. The molecule has 2 N–H and O–H groups in total. The summed E-state index contributed by atoms with van der Waals surface area (Å²) < 4.78 is 10.6. The van der Waals surface area contributed by atoms with Gasteiger partial charge in [-0.15, -0.1) is 0 Å². The molecule has 174 valence electrons. The van der Waals surface area contributed by atoms with Gasteiger partial charge >= 0.3 is 24.1 Å². The number of amides is 2. The minimum absolute atomic E-state index is 0.0129. The molecular weight excluding hydrogens is 396 g/mol. The molecule has 0 radical (unpaired) electrons. The van der Waals surface area contributed by atoms with Crippen molar-refractivity contribution in [2.45, 2.75) is 78.4 Å². The first-order chi connectivity index (χ1) is 13.6. The number of ether oxygens (including phenoxy) is 2. The molecule has 0 aromatic heterocycles. The summed E-state index contributed by atoms with van der Waals surface area (Å²) in [5.41, 5.74) is -1.41. The number of aliphatic carboxylic acids is 2. The SMILES string of the molecule is CC(C)(C)OC(=O)N(CCCCN(CCC(=O)O)C(=O)OC(C)(C)C)CCC(=O)O. The normalized spacial score (nSPS) is 11.5. The van der Waals surface area contributed by atoms with Crippen molar-refractivity contribution in [3.05, 3.63) is 0 Å². The summed E-state index contributed by atoms with van der Waals surface area (Å²) in [4.78, 5) is 49.0. The average Bonchev–Trinajstić information content (AvgIpc) is 2.52. The van der Waals surface area contributed by atoms with Crippen molar-refractivity contribution in [1.82, 2.24) is 9.80 Å². The maximum atomic E-state index is 12.3. The van der Waals surface area contributed by atoms with Gasteiger partial charge in [-0.3, -0.25) is 9.59 Å². The molecule has 0 aromatic rings.